The smallest absolute Gasteiger partial charge is 0.294 e. The minimum Gasteiger partial charge on any atom is -0.342 e. The highest BCUT2D eigenvalue weighted by atomic mass is 32.2. The van der Waals surface area contributed by atoms with Gasteiger partial charge in [0.05, 0.1) is 11.4 Å². The van der Waals surface area contributed by atoms with Gasteiger partial charge in [0.15, 0.2) is 0 Å². The first-order valence-electron chi connectivity index (χ1n) is 12.3. The summed E-state index contributed by atoms with van der Waals surface area (Å²) < 4.78 is 16.2. The number of imide groups is 1. The van der Waals surface area contributed by atoms with Crippen molar-refractivity contribution in [3.63, 3.8) is 0 Å². The van der Waals surface area contributed by atoms with Crippen molar-refractivity contribution in [3.05, 3.63) is 119 Å². The average Bonchev–Trinajstić information content (AvgIpc) is 3.42. The molecule has 6 rings (SSSR count). The van der Waals surface area contributed by atoms with E-state index in [0.717, 1.165) is 43.9 Å². The molecule has 6 nitrogen and oxygen atoms in total. The Bertz CT molecular complexity index is 1800. The molecule has 1 aliphatic heterocycles. The largest absolute Gasteiger partial charge is 0.342 e. The minimum atomic E-state index is -0.524. The van der Waals surface area contributed by atoms with Gasteiger partial charge < -0.3 is 9.88 Å². The molecular formula is C31H22FN3O3S. The van der Waals surface area contributed by atoms with Gasteiger partial charge >= 0.3 is 0 Å². The van der Waals surface area contributed by atoms with E-state index in [2.05, 4.69) is 5.32 Å². The number of benzene rings is 4. The number of para-hydroxylation sites is 1. The van der Waals surface area contributed by atoms with E-state index in [1.54, 1.807) is 30.3 Å². The topological polar surface area (TPSA) is 71.4 Å². The van der Waals surface area contributed by atoms with Crippen molar-refractivity contribution < 1.29 is 18.8 Å². The second-order valence-corrected chi connectivity index (χ2v) is 10.2. The lowest BCUT2D eigenvalue weighted by Crippen LogP contribution is -2.36. The summed E-state index contributed by atoms with van der Waals surface area (Å²) in [4.78, 5) is 39.9. The quantitative estimate of drug-likeness (QED) is 0.247. The molecule has 39 heavy (non-hydrogen) atoms. The normalized spacial score (nSPS) is 14.6. The van der Waals surface area contributed by atoms with Gasteiger partial charge in [-0.25, -0.2) is 4.39 Å². The van der Waals surface area contributed by atoms with Crippen LogP contribution < -0.4 is 5.32 Å². The molecule has 1 saturated heterocycles. The lowest BCUT2D eigenvalue weighted by atomic mass is 10.1. The maximum atomic E-state index is 14.3. The summed E-state index contributed by atoms with van der Waals surface area (Å²) in [6, 6.07) is 27.4. The average molecular weight is 536 g/mol. The fraction of sp³-hybridized carbons (Fsp3) is 0.0645. The molecule has 0 spiro atoms. The molecule has 0 saturated carbocycles. The number of halogens is 1. The maximum Gasteiger partial charge on any atom is 0.294 e. The molecule has 4 aromatic carbocycles. The molecule has 0 bridgehead atoms. The van der Waals surface area contributed by atoms with Crippen molar-refractivity contribution in [1.29, 1.82) is 0 Å². The summed E-state index contributed by atoms with van der Waals surface area (Å²) in [6.07, 6.45) is 3.51. The molecule has 0 unspecified atom stereocenters. The zero-order chi connectivity index (χ0) is 26.9. The van der Waals surface area contributed by atoms with Gasteiger partial charge in [-0.05, 0) is 41.4 Å². The zero-order valence-electron chi connectivity index (χ0n) is 20.6. The monoisotopic (exact) mass is 535 g/mol. The summed E-state index contributed by atoms with van der Waals surface area (Å²) in [6.45, 7) is -0.0723. The predicted octanol–water partition coefficient (Wildman–Crippen LogP) is 6.66. The van der Waals surface area contributed by atoms with Crippen LogP contribution in [0.3, 0.4) is 0 Å². The number of aromatic nitrogens is 1. The Balaban J connectivity index is 1.24. The van der Waals surface area contributed by atoms with Crippen LogP contribution in [0.15, 0.2) is 102 Å². The number of thioether (sulfide) groups is 1. The van der Waals surface area contributed by atoms with E-state index in [1.165, 1.54) is 6.07 Å². The third-order valence-electron chi connectivity index (χ3n) is 6.64. The first kappa shape index (κ1) is 24.6. The molecule has 5 aromatic rings. The Morgan fingerprint density at radius 1 is 0.872 bits per heavy atom. The number of rotatable bonds is 6. The minimum absolute atomic E-state index is 0.228. The summed E-state index contributed by atoms with van der Waals surface area (Å²) in [5, 5.41) is 5.03. The van der Waals surface area contributed by atoms with Crippen LogP contribution in [-0.4, -0.2) is 33.1 Å². The molecule has 3 amide bonds. The molecule has 0 atom stereocenters. The second-order valence-electron chi connectivity index (χ2n) is 9.16. The SMILES string of the molecule is O=C(CN1C(=O)S/C(=C\c2cn(Cc3ccccc3F)c3ccccc23)C1=O)Nc1cccc2ccccc12. The van der Waals surface area contributed by atoms with Crippen LogP contribution in [0, 0.1) is 5.82 Å². The molecular weight excluding hydrogens is 513 g/mol. The number of amides is 3. The van der Waals surface area contributed by atoms with Gasteiger partial charge in [0.2, 0.25) is 5.91 Å². The van der Waals surface area contributed by atoms with E-state index in [0.29, 0.717) is 17.8 Å². The molecule has 0 radical (unpaired) electrons. The maximum absolute atomic E-state index is 14.3. The summed E-state index contributed by atoms with van der Waals surface area (Å²) in [7, 11) is 0. The van der Waals surface area contributed by atoms with Crippen LogP contribution in [0.25, 0.3) is 27.8 Å². The molecule has 1 fully saturated rings. The Hall–Kier alpha value is -4.69. The number of nitrogens with one attached hydrogen (secondary N) is 1. The Labute approximate surface area is 227 Å². The Morgan fingerprint density at radius 2 is 1.59 bits per heavy atom. The molecule has 1 N–H and O–H groups in total. The fourth-order valence-corrected chi connectivity index (χ4v) is 5.61. The van der Waals surface area contributed by atoms with Crippen LogP contribution in [0.1, 0.15) is 11.1 Å². The zero-order valence-corrected chi connectivity index (χ0v) is 21.5. The Kier molecular flexibility index (Phi) is 6.46. The van der Waals surface area contributed by atoms with Crippen molar-refractivity contribution in [2.45, 2.75) is 6.54 Å². The lowest BCUT2D eigenvalue weighted by molar-refractivity contribution is -0.127. The summed E-state index contributed by atoms with van der Waals surface area (Å²) >= 11 is 0.801. The molecule has 2 heterocycles. The van der Waals surface area contributed by atoms with Crippen LogP contribution in [0.2, 0.25) is 0 Å². The number of nitrogens with zero attached hydrogens (tertiary/aromatic N) is 2. The number of anilines is 1. The molecule has 1 aromatic heterocycles. The van der Waals surface area contributed by atoms with E-state index >= 15 is 0 Å². The van der Waals surface area contributed by atoms with Crippen LogP contribution >= 0.6 is 11.8 Å². The van der Waals surface area contributed by atoms with Crippen LogP contribution in [0.5, 0.6) is 0 Å². The molecule has 0 aliphatic carbocycles. The van der Waals surface area contributed by atoms with Crippen molar-refractivity contribution in [1.82, 2.24) is 9.47 Å². The third kappa shape index (κ3) is 4.82. The number of carbonyl (C=O) groups excluding carboxylic acids is 3. The van der Waals surface area contributed by atoms with Gasteiger partial charge in [-0.2, -0.15) is 0 Å². The van der Waals surface area contributed by atoms with Gasteiger partial charge in [-0.1, -0.05) is 72.8 Å². The standard InChI is InChI=1S/C31H22FN3O3S/c32-25-13-5-2-9-21(25)17-34-18-22(24-12-4-6-15-27(24)34)16-28-30(37)35(31(38)39-28)19-29(36)33-26-14-7-10-20-8-1-3-11-23(20)26/h1-16,18H,17,19H2,(H,33,36)/b28-16-. The second kappa shape index (κ2) is 10.2. The highest BCUT2D eigenvalue weighted by Gasteiger charge is 2.36. The predicted molar refractivity (Wildman–Crippen MR) is 153 cm³/mol. The van der Waals surface area contributed by atoms with E-state index in [9.17, 15) is 18.8 Å². The molecule has 192 valence electrons. The number of hydrogen-bond acceptors (Lipinski definition) is 4. The van der Waals surface area contributed by atoms with Crippen LogP contribution in [-0.2, 0) is 16.1 Å². The molecule has 8 heteroatoms. The van der Waals surface area contributed by atoms with E-state index in [-0.39, 0.29) is 17.3 Å². The van der Waals surface area contributed by atoms with Crippen LogP contribution in [0.4, 0.5) is 14.9 Å². The van der Waals surface area contributed by atoms with Crippen molar-refractivity contribution in [2.75, 3.05) is 11.9 Å². The molecule has 1 aliphatic rings. The first-order chi connectivity index (χ1) is 19.0. The van der Waals surface area contributed by atoms with Gasteiger partial charge in [-0.3, -0.25) is 19.3 Å². The van der Waals surface area contributed by atoms with Gasteiger partial charge in [0, 0.05) is 39.3 Å². The lowest BCUT2D eigenvalue weighted by Gasteiger charge is -2.13. The van der Waals surface area contributed by atoms with Gasteiger partial charge in [0.1, 0.15) is 12.4 Å². The number of fused-ring (bicyclic) bond motifs is 2. The van der Waals surface area contributed by atoms with Gasteiger partial charge in [0.25, 0.3) is 11.1 Å². The fourth-order valence-electron chi connectivity index (χ4n) is 4.78. The van der Waals surface area contributed by atoms with Crippen molar-refractivity contribution >= 4 is 62.3 Å². The Morgan fingerprint density at radius 3 is 2.44 bits per heavy atom. The van der Waals surface area contributed by atoms with Crippen molar-refractivity contribution in [2.24, 2.45) is 0 Å². The van der Waals surface area contributed by atoms with E-state index in [4.69, 9.17) is 0 Å². The van der Waals surface area contributed by atoms with E-state index < -0.39 is 17.1 Å². The van der Waals surface area contributed by atoms with Gasteiger partial charge in [-0.15, -0.1) is 0 Å². The van der Waals surface area contributed by atoms with Crippen molar-refractivity contribution in [3.8, 4) is 0 Å². The number of carbonyl (C=O) groups is 3. The third-order valence-corrected chi connectivity index (χ3v) is 7.55. The summed E-state index contributed by atoms with van der Waals surface area (Å²) in [5.74, 6) is -1.28. The highest BCUT2D eigenvalue weighted by molar-refractivity contribution is 8.18. The number of hydrogen-bond donors (Lipinski definition) is 1. The summed E-state index contributed by atoms with van der Waals surface area (Å²) in [5.41, 5.74) is 2.76. The highest BCUT2D eigenvalue weighted by Crippen LogP contribution is 2.34. The van der Waals surface area contributed by atoms with E-state index in [1.807, 2.05) is 71.4 Å². The first-order valence-corrected chi connectivity index (χ1v) is 13.1.